The Kier molecular flexibility index (Phi) is 7.78. The Balaban J connectivity index is 1.58. The van der Waals surface area contributed by atoms with E-state index in [0.717, 1.165) is 44.0 Å². The maximum Gasteiger partial charge on any atom is 0.222 e. The Morgan fingerprint density at radius 2 is 1.66 bits per heavy atom. The first-order valence-electron chi connectivity index (χ1n) is 10.1. The predicted molar refractivity (Wildman–Crippen MR) is 112 cm³/mol. The number of hydrogen-bond donors (Lipinski definition) is 2. The van der Waals surface area contributed by atoms with Gasteiger partial charge >= 0.3 is 0 Å². The van der Waals surface area contributed by atoms with Gasteiger partial charge < -0.3 is 15.4 Å². The monoisotopic (exact) mass is 395 g/mol. The average Bonchev–Trinajstić information content (AvgIpc) is 2.74. The lowest BCUT2D eigenvalue weighted by Crippen LogP contribution is -2.36. The summed E-state index contributed by atoms with van der Waals surface area (Å²) in [5, 5.41) is 5.89. The van der Waals surface area contributed by atoms with E-state index in [1.54, 1.807) is 0 Å². The van der Waals surface area contributed by atoms with Crippen LogP contribution in [0.3, 0.4) is 0 Å². The van der Waals surface area contributed by atoms with Crippen molar-refractivity contribution in [1.29, 1.82) is 0 Å². The molecule has 1 heterocycles. The highest BCUT2D eigenvalue weighted by Crippen LogP contribution is 2.17. The Bertz CT molecular complexity index is 804. The fourth-order valence-electron chi connectivity index (χ4n) is 3.52. The molecule has 0 radical (unpaired) electrons. The molecule has 2 N–H and O–H groups in total. The number of rotatable bonds is 8. The van der Waals surface area contributed by atoms with E-state index in [0.29, 0.717) is 6.54 Å². The molecule has 2 aromatic carbocycles. The zero-order valence-corrected chi connectivity index (χ0v) is 16.9. The standard InChI is InChI=1S/C23H29N3O3/c1-18(27)25-22(19-7-3-2-4-8-19)15-23(28)24-16-20-9-5-6-10-21(20)17-26-11-13-29-14-12-26/h2-10,22H,11-17H2,1H3,(H,24,28)(H,25,27)/t22-/m1/s1. The van der Waals surface area contributed by atoms with Gasteiger partial charge in [0.15, 0.2) is 0 Å². The van der Waals surface area contributed by atoms with E-state index >= 15 is 0 Å². The van der Waals surface area contributed by atoms with E-state index < -0.39 is 0 Å². The minimum atomic E-state index is -0.336. The lowest BCUT2D eigenvalue weighted by molar-refractivity contribution is -0.122. The van der Waals surface area contributed by atoms with Crippen molar-refractivity contribution in [2.75, 3.05) is 26.3 Å². The van der Waals surface area contributed by atoms with E-state index in [1.807, 2.05) is 42.5 Å². The highest BCUT2D eigenvalue weighted by atomic mass is 16.5. The number of carbonyl (C=O) groups excluding carboxylic acids is 2. The molecule has 6 heteroatoms. The van der Waals surface area contributed by atoms with Crippen LogP contribution in [0.2, 0.25) is 0 Å². The zero-order chi connectivity index (χ0) is 20.5. The fourth-order valence-corrected chi connectivity index (χ4v) is 3.52. The summed E-state index contributed by atoms with van der Waals surface area (Å²) in [6, 6.07) is 17.4. The van der Waals surface area contributed by atoms with Gasteiger partial charge in [-0.1, -0.05) is 54.6 Å². The summed E-state index contributed by atoms with van der Waals surface area (Å²) in [6.07, 6.45) is 0.204. The molecule has 1 aliphatic rings. The van der Waals surface area contributed by atoms with Crippen molar-refractivity contribution in [2.24, 2.45) is 0 Å². The van der Waals surface area contributed by atoms with Crippen LogP contribution in [0, 0.1) is 0 Å². The number of ether oxygens (including phenoxy) is 1. The van der Waals surface area contributed by atoms with E-state index in [1.165, 1.54) is 12.5 Å². The SMILES string of the molecule is CC(=O)N[C@H](CC(=O)NCc1ccccc1CN1CCOCC1)c1ccccc1. The molecule has 3 rings (SSSR count). The van der Waals surface area contributed by atoms with Gasteiger partial charge in [0.1, 0.15) is 0 Å². The zero-order valence-electron chi connectivity index (χ0n) is 16.9. The van der Waals surface area contributed by atoms with Crippen LogP contribution in [-0.4, -0.2) is 43.0 Å². The van der Waals surface area contributed by atoms with E-state index in [9.17, 15) is 9.59 Å². The van der Waals surface area contributed by atoms with Crippen molar-refractivity contribution in [3.8, 4) is 0 Å². The largest absolute Gasteiger partial charge is 0.379 e. The summed E-state index contributed by atoms with van der Waals surface area (Å²) in [7, 11) is 0. The Morgan fingerprint density at radius 1 is 1.00 bits per heavy atom. The first-order valence-corrected chi connectivity index (χ1v) is 10.1. The lowest BCUT2D eigenvalue weighted by Gasteiger charge is -2.27. The molecule has 0 bridgehead atoms. The van der Waals surface area contributed by atoms with Crippen molar-refractivity contribution in [3.63, 3.8) is 0 Å². The lowest BCUT2D eigenvalue weighted by atomic mass is 10.0. The third kappa shape index (κ3) is 6.69. The number of amides is 2. The summed E-state index contributed by atoms with van der Waals surface area (Å²) in [5.41, 5.74) is 3.25. The van der Waals surface area contributed by atoms with Gasteiger partial charge in [0.05, 0.1) is 25.7 Å². The Morgan fingerprint density at radius 3 is 2.34 bits per heavy atom. The normalized spacial score (nSPS) is 15.5. The van der Waals surface area contributed by atoms with Gasteiger partial charge in [-0.2, -0.15) is 0 Å². The summed E-state index contributed by atoms with van der Waals surface area (Å²) in [4.78, 5) is 26.5. The molecule has 154 valence electrons. The van der Waals surface area contributed by atoms with Crippen LogP contribution in [-0.2, 0) is 27.4 Å². The second-order valence-corrected chi connectivity index (χ2v) is 7.30. The Hall–Kier alpha value is -2.70. The number of hydrogen-bond acceptors (Lipinski definition) is 4. The van der Waals surface area contributed by atoms with Gasteiger partial charge in [-0.25, -0.2) is 0 Å². The van der Waals surface area contributed by atoms with Crippen molar-refractivity contribution < 1.29 is 14.3 Å². The summed E-state index contributed by atoms with van der Waals surface area (Å²) < 4.78 is 5.42. The van der Waals surface area contributed by atoms with Crippen LogP contribution >= 0.6 is 0 Å². The molecule has 6 nitrogen and oxygen atoms in total. The minimum absolute atomic E-state index is 0.0891. The van der Waals surface area contributed by atoms with Gasteiger partial charge in [-0.15, -0.1) is 0 Å². The van der Waals surface area contributed by atoms with Crippen molar-refractivity contribution in [3.05, 3.63) is 71.3 Å². The third-order valence-corrected chi connectivity index (χ3v) is 5.06. The number of carbonyl (C=O) groups is 2. The molecule has 0 unspecified atom stereocenters. The van der Waals surface area contributed by atoms with E-state index in [4.69, 9.17) is 4.74 Å². The summed E-state index contributed by atoms with van der Waals surface area (Å²) in [5.74, 6) is -0.240. The molecule has 29 heavy (non-hydrogen) atoms. The molecule has 1 saturated heterocycles. The Labute approximate surface area is 172 Å². The van der Waals surface area contributed by atoms with Gasteiger partial charge in [0.25, 0.3) is 0 Å². The molecule has 2 amide bonds. The van der Waals surface area contributed by atoms with Crippen molar-refractivity contribution in [1.82, 2.24) is 15.5 Å². The molecule has 2 aromatic rings. The average molecular weight is 396 g/mol. The molecule has 1 aliphatic heterocycles. The van der Waals surface area contributed by atoms with E-state index in [2.05, 4.69) is 27.7 Å². The van der Waals surface area contributed by atoms with Crippen LogP contribution in [0.4, 0.5) is 0 Å². The second-order valence-electron chi connectivity index (χ2n) is 7.30. The molecule has 0 aromatic heterocycles. The van der Waals surface area contributed by atoms with Crippen LogP contribution in [0.1, 0.15) is 36.1 Å². The predicted octanol–water partition coefficient (Wildman–Crippen LogP) is 2.40. The summed E-state index contributed by atoms with van der Waals surface area (Å²) >= 11 is 0. The first-order chi connectivity index (χ1) is 14.1. The number of morpholine rings is 1. The second kappa shape index (κ2) is 10.7. The van der Waals surface area contributed by atoms with Crippen LogP contribution in [0.15, 0.2) is 54.6 Å². The highest BCUT2D eigenvalue weighted by molar-refractivity contribution is 5.79. The number of benzene rings is 2. The quantitative estimate of drug-likeness (QED) is 0.720. The summed E-state index contributed by atoms with van der Waals surface area (Å²) in [6.45, 7) is 6.18. The smallest absolute Gasteiger partial charge is 0.222 e. The van der Waals surface area contributed by atoms with Crippen LogP contribution in [0.25, 0.3) is 0 Å². The van der Waals surface area contributed by atoms with Gasteiger partial charge in [0.2, 0.25) is 11.8 Å². The molecule has 0 spiro atoms. The van der Waals surface area contributed by atoms with Crippen molar-refractivity contribution >= 4 is 11.8 Å². The van der Waals surface area contributed by atoms with E-state index in [-0.39, 0.29) is 24.3 Å². The number of nitrogens with one attached hydrogen (secondary N) is 2. The topological polar surface area (TPSA) is 70.7 Å². The molecule has 0 saturated carbocycles. The van der Waals surface area contributed by atoms with Crippen LogP contribution in [0.5, 0.6) is 0 Å². The minimum Gasteiger partial charge on any atom is -0.379 e. The molecule has 0 aliphatic carbocycles. The van der Waals surface area contributed by atoms with Crippen molar-refractivity contribution in [2.45, 2.75) is 32.5 Å². The maximum atomic E-state index is 12.6. The van der Waals surface area contributed by atoms with Crippen LogP contribution < -0.4 is 10.6 Å². The maximum absolute atomic E-state index is 12.6. The molecular formula is C23H29N3O3. The van der Waals surface area contributed by atoms with Gasteiger partial charge in [0, 0.05) is 33.1 Å². The van der Waals surface area contributed by atoms with Gasteiger partial charge in [-0.05, 0) is 16.7 Å². The molecular weight excluding hydrogens is 366 g/mol. The molecule has 1 fully saturated rings. The number of nitrogens with zero attached hydrogens (tertiary/aromatic N) is 1. The third-order valence-electron chi connectivity index (χ3n) is 5.06. The highest BCUT2D eigenvalue weighted by Gasteiger charge is 2.17. The first kappa shape index (κ1) is 21.0. The molecule has 1 atom stereocenters. The van der Waals surface area contributed by atoms with Gasteiger partial charge in [-0.3, -0.25) is 14.5 Å². The fraction of sp³-hybridized carbons (Fsp3) is 0.391.